The molecule has 0 bridgehead atoms. The molecule has 0 saturated carbocycles. The fourth-order valence-corrected chi connectivity index (χ4v) is 7.85. The number of alkyl halides is 3. The lowest BCUT2D eigenvalue weighted by Crippen LogP contribution is -2.39. The Balaban J connectivity index is 0.000000487. The van der Waals surface area contributed by atoms with Gasteiger partial charge in [0.15, 0.2) is 17.3 Å². The van der Waals surface area contributed by atoms with Crippen LogP contribution in [0.4, 0.5) is 21.5 Å². The van der Waals surface area contributed by atoms with E-state index in [1.54, 1.807) is 24.2 Å². The standard InChI is InChI=1S/C18H17FN4O2S.C14H20ClNO2.C8H11Cl2NO.C3H8NO5P.C3H9S/c1-4-5-22-13-7-12(11(19)6-14(13)25-9-16(22)24)20-17-23-10-18(2,3)8-15(23)21-26-17;1-4-11-7-6-8-12(5-2)14(11)16(10-18-3)13(17)9-15;1-3-5-11(6-4-2)8(12)7(9)10;5-3(6)1-4-2-10(7,8)9;1-4(2)3/h1,6-7H,5,8-10H2,2-3H3;6-8H,4-5,9-10H2,1-3H3;3-4,7H,1-2,5-6H2;4H,1-2H2,(H,5,6)(H2,7,8,9);1-3H3/q;;;;+1/p-1/b20-17-;;;;. The third kappa shape index (κ3) is 22.0. The Morgan fingerprint density at radius 1 is 1.19 bits per heavy atom. The van der Waals surface area contributed by atoms with E-state index in [0.29, 0.717) is 40.2 Å². The van der Waals surface area contributed by atoms with E-state index in [2.05, 4.69) is 74.9 Å². The van der Waals surface area contributed by atoms with E-state index in [4.69, 9.17) is 60.7 Å². The van der Waals surface area contributed by atoms with E-state index < -0.39 is 37.0 Å². The molecule has 1 unspecified atom stereocenters. The van der Waals surface area contributed by atoms with Gasteiger partial charge in [0.2, 0.25) is 10.7 Å². The number of carboxylic acid groups (broad SMARTS) is 1. The van der Waals surface area contributed by atoms with Crippen molar-refractivity contribution < 1.29 is 52.5 Å². The number of carbonyl (C=O) groups is 4. The van der Waals surface area contributed by atoms with Crippen molar-refractivity contribution in [2.75, 3.05) is 87.4 Å². The van der Waals surface area contributed by atoms with E-state index >= 15 is 0 Å². The number of methoxy groups -OCH3 is 1. The van der Waals surface area contributed by atoms with Crippen LogP contribution in [-0.4, -0.2) is 130 Å². The summed E-state index contributed by atoms with van der Waals surface area (Å²) in [4.78, 5) is 71.6. The summed E-state index contributed by atoms with van der Waals surface area (Å²) in [6, 6.07) is 8.86. The normalized spacial score (nSPS) is 14.0. The van der Waals surface area contributed by atoms with Gasteiger partial charge in [-0.25, -0.2) is 9.38 Å². The number of amides is 3. The summed E-state index contributed by atoms with van der Waals surface area (Å²) in [6.45, 7) is 16.8. The van der Waals surface area contributed by atoms with Crippen molar-refractivity contribution in [3.63, 3.8) is 0 Å². The number of hydrogen-bond donors (Lipinski definition) is 3. The van der Waals surface area contributed by atoms with Crippen LogP contribution < -0.4 is 29.5 Å². The largest absolute Gasteiger partial charge is 0.778 e. The minimum absolute atomic E-state index is 0.0371. The van der Waals surface area contributed by atoms with E-state index in [-0.39, 0.29) is 54.6 Å². The second-order valence-electron chi connectivity index (χ2n) is 16.1. The first-order chi connectivity index (χ1) is 32.8. The third-order valence-electron chi connectivity index (χ3n) is 9.13. The number of ether oxygens (including phenoxy) is 2. The third-order valence-corrected chi connectivity index (χ3v) is 11.1. The number of fused-ring (bicyclic) bond motifs is 2. The maximum Gasteiger partial charge on any atom is 0.317 e. The van der Waals surface area contributed by atoms with Crippen LogP contribution in [0.25, 0.3) is 0 Å². The van der Waals surface area contributed by atoms with Crippen molar-refractivity contribution in [1.82, 2.24) is 19.2 Å². The second kappa shape index (κ2) is 31.9. The van der Waals surface area contributed by atoms with E-state index in [9.17, 15) is 33.0 Å². The molecule has 0 spiro atoms. The Bertz CT molecular complexity index is 2360. The number of halogens is 4. The van der Waals surface area contributed by atoms with E-state index in [1.807, 2.05) is 28.1 Å². The molecule has 388 valence electrons. The lowest BCUT2D eigenvalue weighted by Gasteiger charge is -2.28. The molecule has 2 aliphatic heterocycles. The summed E-state index contributed by atoms with van der Waals surface area (Å²) in [5.41, 5.74) is 3.92. The molecule has 3 heterocycles. The molecule has 3 amide bonds. The highest BCUT2D eigenvalue weighted by atomic mass is 35.5. The van der Waals surface area contributed by atoms with Crippen molar-refractivity contribution in [2.45, 2.75) is 58.3 Å². The molecule has 3 N–H and O–H groups in total. The van der Waals surface area contributed by atoms with E-state index in [0.717, 1.165) is 48.4 Å². The second-order valence-corrected chi connectivity index (χ2v) is 22.3. The highest BCUT2D eigenvalue weighted by Crippen LogP contribution is 2.38. The average molecular weight is 1100 g/mol. The molecule has 1 aromatic heterocycles. The first-order valence-corrected chi connectivity index (χ1v) is 27.7. The topological polar surface area (TPSA) is 219 Å². The number of carbonyl (C=O) groups excluding carboxylic acids is 3. The number of aromatic nitrogens is 2. The zero-order valence-electron chi connectivity index (χ0n) is 40.7. The van der Waals surface area contributed by atoms with Gasteiger partial charge in [-0.05, 0) is 46.3 Å². The summed E-state index contributed by atoms with van der Waals surface area (Å²) in [5.74, 6) is 1.26. The lowest BCUT2D eigenvalue weighted by atomic mass is 9.92. The molecular weight excluding hydrogens is 1030 g/mol. The van der Waals surface area contributed by atoms with Crippen LogP contribution in [0.1, 0.15) is 44.6 Å². The summed E-state index contributed by atoms with van der Waals surface area (Å²) < 4.78 is 41.4. The predicted molar refractivity (Wildman–Crippen MR) is 279 cm³/mol. The Kier molecular flexibility index (Phi) is 29.1. The Labute approximate surface area is 432 Å². The molecule has 24 heteroatoms. The first-order valence-electron chi connectivity index (χ1n) is 21.3. The smallest absolute Gasteiger partial charge is 0.317 e. The summed E-state index contributed by atoms with van der Waals surface area (Å²) in [5, 5.41) is 9.97. The van der Waals surface area contributed by atoms with Gasteiger partial charge in [-0.15, -0.1) is 31.2 Å². The Morgan fingerprint density at radius 2 is 1.77 bits per heavy atom. The Morgan fingerprint density at radius 3 is 2.24 bits per heavy atom. The van der Waals surface area contributed by atoms with Gasteiger partial charge in [-0.2, -0.15) is 4.37 Å². The fourth-order valence-electron chi connectivity index (χ4n) is 6.28. The number of aliphatic carboxylic acids is 1. The molecule has 0 saturated heterocycles. The highest BCUT2D eigenvalue weighted by Gasteiger charge is 2.31. The maximum absolute atomic E-state index is 14.5. The quantitative estimate of drug-likeness (QED) is 0.0360. The van der Waals surface area contributed by atoms with Gasteiger partial charge in [-0.3, -0.25) is 34.3 Å². The van der Waals surface area contributed by atoms with Crippen molar-refractivity contribution in [3.8, 4) is 18.1 Å². The zero-order chi connectivity index (χ0) is 53.4. The van der Waals surface area contributed by atoms with Crippen LogP contribution in [0.5, 0.6) is 5.75 Å². The molecule has 0 aliphatic carbocycles. The molecule has 0 radical (unpaired) electrons. The number of aryl methyl sites for hydroxylation is 2. The number of benzene rings is 2. The summed E-state index contributed by atoms with van der Waals surface area (Å²) >= 11 is 17.7. The molecular formula is C46H64Cl3FN7O10PS2. The minimum Gasteiger partial charge on any atom is -0.778 e. The van der Waals surface area contributed by atoms with Crippen LogP contribution >= 0.6 is 53.9 Å². The number of terminal acetylenes is 1. The predicted octanol–water partition coefficient (Wildman–Crippen LogP) is 5.89. The first kappa shape index (κ1) is 63.8. The van der Waals surface area contributed by atoms with Gasteiger partial charge in [0.25, 0.3) is 11.8 Å². The van der Waals surface area contributed by atoms with Gasteiger partial charge in [-0.1, -0.05) is 87.2 Å². The number of carboxylic acids is 1. The lowest BCUT2D eigenvalue weighted by molar-refractivity contribution is -0.193. The molecule has 0 fully saturated rings. The SMILES string of the molecule is C#CCN1C(=O)COc2cc(F)c(/N=c3\snc4n3CC(C)(C)C4)cc21.C=CCN(CC=C)C(=O)C(Cl)Cl.CCc1cccc(CC)c1N(COC)C(=O)CCl.C[S+](C)C.O=C(O)CNCP(=O)([O-])O. The summed E-state index contributed by atoms with van der Waals surface area (Å²) in [6.07, 6.45) is 17.1. The molecule has 70 heavy (non-hydrogen) atoms. The van der Waals surface area contributed by atoms with Crippen molar-refractivity contribution in [3.05, 3.63) is 83.2 Å². The van der Waals surface area contributed by atoms with Crippen molar-refractivity contribution >= 4 is 106 Å². The Hall–Kier alpha value is -4.26. The number of para-hydroxylation sites is 1. The monoisotopic (exact) mass is 1090 g/mol. The van der Waals surface area contributed by atoms with Crippen LogP contribution in [-0.2, 0) is 65.2 Å². The molecule has 1 atom stereocenters. The van der Waals surface area contributed by atoms with Gasteiger partial charge < -0.3 is 38.4 Å². The van der Waals surface area contributed by atoms with Crippen LogP contribution in [0.15, 0.2) is 60.6 Å². The van der Waals surface area contributed by atoms with Crippen LogP contribution in [0.2, 0.25) is 0 Å². The fraction of sp³-hybridized carbons (Fsp3) is 0.478. The van der Waals surface area contributed by atoms with Gasteiger partial charge in [0, 0.05) is 50.8 Å². The van der Waals surface area contributed by atoms with Gasteiger partial charge >= 0.3 is 5.97 Å². The van der Waals surface area contributed by atoms with Crippen LogP contribution in [0.3, 0.4) is 0 Å². The number of rotatable bonds is 17. The summed E-state index contributed by atoms with van der Waals surface area (Å²) in [7, 11) is -2.13. The number of anilines is 2. The number of nitrogens with one attached hydrogen (secondary N) is 1. The maximum atomic E-state index is 14.5. The number of hydrogen-bond acceptors (Lipinski definition) is 12. The van der Waals surface area contributed by atoms with Crippen molar-refractivity contribution in [2.24, 2.45) is 10.4 Å². The minimum atomic E-state index is -4.35. The molecule has 2 aliphatic rings. The zero-order valence-corrected chi connectivity index (χ0v) is 45.5. The van der Waals surface area contributed by atoms with Gasteiger partial charge in [0.1, 0.15) is 37.5 Å². The molecule has 2 aromatic carbocycles. The molecule has 17 nitrogen and oxygen atoms in total. The van der Waals surface area contributed by atoms with Crippen LogP contribution in [0, 0.1) is 23.6 Å². The van der Waals surface area contributed by atoms with E-state index in [1.165, 1.54) is 33.5 Å². The average Bonchev–Trinajstić information content (AvgIpc) is 3.80. The van der Waals surface area contributed by atoms with Crippen molar-refractivity contribution in [1.29, 1.82) is 0 Å². The molecule has 5 rings (SSSR count). The highest BCUT2D eigenvalue weighted by molar-refractivity contribution is 7.94. The molecule has 3 aromatic rings. The van der Waals surface area contributed by atoms with Gasteiger partial charge in [0.05, 0.1) is 49.5 Å². The number of nitrogens with zero attached hydrogens (tertiary/aromatic N) is 6.